The zero-order valence-electron chi connectivity index (χ0n) is 63.7. The van der Waals surface area contributed by atoms with Crippen molar-refractivity contribution >= 4 is 189 Å². The number of anilines is 21. The van der Waals surface area contributed by atoms with Crippen molar-refractivity contribution in [3.8, 4) is 23.0 Å². The van der Waals surface area contributed by atoms with Crippen molar-refractivity contribution in [2.45, 2.75) is 0 Å². The van der Waals surface area contributed by atoms with Crippen LogP contribution in [0.2, 0.25) is 0 Å². The Bertz CT molecular complexity index is 6860. The minimum Gasteiger partial charge on any atom is -0.458 e. The lowest BCUT2D eigenvalue weighted by molar-refractivity contribution is 0.487. The Kier molecular flexibility index (Phi) is 16.2. The van der Waals surface area contributed by atoms with Gasteiger partial charge in [0.15, 0.2) is 0 Å². The van der Waals surface area contributed by atoms with E-state index in [1.165, 1.54) is 54.6 Å². The van der Waals surface area contributed by atoms with Gasteiger partial charge in [0.05, 0.1) is 17.1 Å². The molecule has 17 aromatic carbocycles. The van der Waals surface area contributed by atoms with Crippen LogP contribution in [-0.4, -0.2) is 20.1 Å². The fourth-order valence-corrected chi connectivity index (χ4v) is 19.2. The summed E-state index contributed by atoms with van der Waals surface area (Å²) < 4.78 is 124. The second-order valence-electron chi connectivity index (χ2n) is 30.6. The van der Waals surface area contributed by atoms with Crippen LogP contribution in [-0.2, 0) is 0 Å². The molecule has 0 unspecified atom stereocenters. The van der Waals surface area contributed by atoms with E-state index >= 15 is 26.3 Å². The van der Waals surface area contributed by atoms with Crippen molar-refractivity contribution in [1.82, 2.24) is 0 Å². The molecule has 6 heterocycles. The summed E-state index contributed by atoms with van der Waals surface area (Å²) in [5, 5.41) is 0. The lowest BCUT2D eigenvalue weighted by Crippen LogP contribution is -2.65. The predicted octanol–water partition coefficient (Wildman–Crippen LogP) is 21.8. The lowest BCUT2D eigenvalue weighted by atomic mass is 9.29. The lowest BCUT2D eigenvalue weighted by Gasteiger charge is -2.46. The number of benzene rings is 17. The third-order valence-electron chi connectivity index (χ3n) is 24.0. The molecule has 6 aliphatic rings. The minimum absolute atomic E-state index is 0.255. The molecule has 0 radical (unpaired) electrons. The number of para-hydroxylation sites is 12. The molecule has 0 fully saturated rings. The zero-order chi connectivity index (χ0) is 80.1. The molecule has 568 valence electrons. The number of nitrogens with zero attached hydrogens (tertiary/aromatic N) is 7. The first-order chi connectivity index (χ1) is 59.1. The largest absolute Gasteiger partial charge is 0.458 e. The number of ether oxygens (including phenoxy) is 2. The van der Waals surface area contributed by atoms with Gasteiger partial charge in [0.2, 0.25) is 0 Å². The van der Waals surface area contributed by atoms with Crippen LogP contribution in [0.15, 0.2) is 376 Å². The van der Waals surface area contributed by atoms with Crippen LogP contribution < -0.4 is 92.9 Å². The highest BCUT2D eigenvalue weighted by Gasteiger charge is 2.52. The molecule has 0 atom stereocenters. The van der Waals surface area contributed by atoms with E-state index in [1.54, 1.807) is 14.7 Å². The molecule has 0 amide bonds. The first-order valence-corrected chi connectivity index (χ1v) is 39.8. The Morgan fingerprint density at radius 3 is 0.900 bits per heavy atom. The second-order valence-corrected chi connectivity index (χ2v) is 30.6. The molecular formula is C102H62B3F6N7O2. The molecule has 18 heteroatoms. The van der Waals surface area contributed by atoms with Crippen LogP contribution in [0.5, 0.6) is 23.0 Å². The molecular weight excluding hydrogens is 1500 g/mol. The van der Waals surface area contributed by atoms with E-state index in [0.717, 1.165) is 67.6 Å². The molecule has 17 aromatic rings. The molecule has 23 rings (SSSR count). The van der Waals surface area contributed by atoms with Crippen LogP contribution in [0.4, 0.5) is 146 Å². The van der Waals surface area contributed by atoms with Gasteiger partial charge in [-0.25, -0.2) is 26.3 Å². The summed E-state index contributed by atoms with van der Waals surface area (Å²) in [4.78, 5) is 13.4. The van der Waals surface area contributed by atoms with Crippen molar-refractivity contribution in [3.05, 3.63) is 411 Å². The number of rotatable bonds is 13. The maximum atomic E-state index is 18.3. The van der Waals surface area contributed by atoms with Crippen molar-refractivity contribution in [2.24, 2.45) is 0 Å². The summed E-state index contributed by atoms with van der Waals surface area (Å²) in [5.41, 5.74) is 15.7. The first-order valence-electron chi connectivity index (χ1n) is 39.8. The van der Waals surface area contributed by atoms with Gasteiger partial charge in [-0.3, -0.25) is 0 Å². The highest BCUT2D eigenvalue weighted by Crippen LogP contribution is 2.55. The maximum absolute atomic E-state index is 18.3. The van der Waals surface area contributed by atoms with Gasteiger partial charge in [0.25, 0.3) is 20.1 Å². The van der Waals surface area contributed by atoms with Crippen LogP contribution in [0, 0.1) is 34.9 Å². The fraction of sp³-hybridized carbons (Fsp3) is 0. The highest BCUT2D eigenvalue weighted by atomic mass is 19.2. The van der Waals surface area contributed by atoms with E-state index < -0.39 is 66.4 Å². The molecule has 0 aliphatic carbocycles. The van der Waals surface area contributed by atoms with Crippen molar-refractivity contribution in [2.75, 3.05) is 34.3 Å². The van der Waals surface area contributed by atoms with Gasteiger partial charge >= 0.3 is 0 Å². The molecule has 6 aliphatic heterocycles. The fourth-order valence-electron chi connectivity index (χ4n) is 19.2. The van der Waals surface area contributed by atoms with E-state index in [0.29, 0.717) is 101 Å². The van der Waals surface area contributed by atoms with Crippen molar-refractivity contribution < 1.29 is 35.8 Å². The molecule has 0 saturated carbocycles. The monoisotopic (exact) mass is 1560 g/mol. The van der Waals surface area contributed by atoms with Crippen LogP contribution in [0.3, 0.4) is 0 Å². The highest BCUT2D eigenvalue weighted by molar-refractivity contribution is 7.04. The molecule has 0 bridgehead atoms. The summed E-state index contributed by atoms with van der Waals surface area (Å²) in [6.07, 6.45) is 0. The number of fused-ring (bicyclic) bond motifs is 12. The summed E-state index contributed by atoms with van der Waals surface area (Å²) in [5.74, 6) is -3.69. The van der Waals surface area contributed by atoms with E-state index in [1.807, 2.05) is 290 Å². The van der Waals surface area contributed by atoms with E-state index in [4.69, 9.17) is 9.47 Å². The van der Waals surface area contributed by atoms with Gasteiger partial charge in [-0.15, -0.1) is 0 Å². The molecule has 0 saturated heterocycles. The van der Waals surface area contributed by atoms with Crippen molar-refractivity contribution in [1.29, 1.82) is 0 Å². The van der Waals surface area contributed by atoms with E-state index in [2.05, 4.69) is 51.1 Å². The Morgan fingerprint density at radius 1 is 0.192 bits per heavy atom. The molecule has 0 N–H and O–H groups in total. The van der Waals surface area contributed by atoms with Crippen LogP contribution >= 0.6 is 0 Å². The van der Waals surface area contributed by atoms with Crippen LogP contribution in [0.25, 0.3) is 0 Å². The number of hydrogen-bond acceptors (Lipinski definition) is 9. The standard InChI is InChI=1S/C102H62B3F6N7O2/c106-79-45-26-46-80(107)100(79)116-86-61-87-76(59-75(86)104-74-44-23-25-52-93(74)119-95-57-71(55-91(116)98(95)104)113(65-33-12-3-13-34-65)66-35-14-4-15-36-66)105-78-60-77-88(62-94(78)120-96-58-72(114(67-37-16-5-17-38-67)68-39-18-6-19-40-68)56-92(99(96)105)117(87)101-81(108)47-27-48-82(101)109)118(102-83(110)49-28-50-84(102)111)90-54-70(112(63-29-8-1-9-30-63)64-31-10-2-11-32-64)53-89-97(90)103(77)73-43-22-24-51-85(73)115(89)69-41-20-7-21-42-69/h1-62H. The average molecular weight is 1560 g/mol. The molecule has 0 spiro atoms. The first kappa shape index (κ1) is 70.2. The van der Waals surface area contributed by atoms with Gasteiger partial charge in [0, 0.05) is 104 Å². The van der Waals surface area contributed by atoms with Crippen molar-refractivity contribution in [3.63, 3.8) is 0 Å². The smallest absolute Gasteiger partial charge is 0.256 e. The summed E-state index contributed by atoms with van der Waals surface area (Å²) >= 11 is 0. The quantitative estimate of drug-likeness (QED) is 0.0829. The summed E-state index contributed by atoms with van der Waals surface area (Å²) in [6.45, 7) is -2.37. The third-order valence-corrected chi connectivity index (χ3v) is 24.0. The van der Waals surface area contributed by atoms with Gasteiger partial charge in [0.1, 0.15) is 75.0 Å². The topological polar surface area (TPSA) is 41.1 Å². The van der Waals surface area contributed by atoms with Gasteiger partial charge in [-0.2, -0.15) is 0 Å². The second kappa shape index (κ2) is 27.7. The molecule has 9 nitrogen and oxygen atoms in total. The normalized spacial score (nSPS) is 13.1. The summed E-state index contributed by atoms with van der Waals surface area (Å²) in [6, 6.07) is 117. The number of hydrogen-bond donors (Lipinski definition) is 0. The average Bonchev–Trinajstić information content (AvgIpc) is 0.682. The number of halogens is 6. The SMILES string of the molecule is Fc1cccc(F)c1N1c2cc3c(cc2B2c4ccccc4Oc4cc(N(c5ccccc5)c5ccccc5)cc1c42)B1c2cc4c(cc2Oc2cc(N(c5ccccc5)c5ccccc5)cc(c21)N3c1c(F)cccc1F)N(c1c(F)cccc1F)c1cc(N(c2ccccc2)c2ccccc2)cc2c1B4c1ccccc1N2c1ccccc1. The Balaban J connectivity index is 0.847. The van der Waals surface area contributed by atoms with Crippen LogP contribution in [0.1, 0.15) is 0 Å². The van der Waals surface area contributed by atoms with Gasteiger partial charge in [-0.1, -0.05) is 194 Å². The molecule has 120 heavy (non-hydrogen) atoms. The summed E-state index contributed by atoms with van der Waals surface area (Å²) in [7, 11) is 0. The van der Waals surface area contributed by atoms with Gasteiger partial charge in [-0.05, 0) is 213 Å². The predicted molar refractivity (Wildman–Crippen MR) is 476 cm³/mol. The Morgan fingerprint density at radius 2 is 0.492 bits per heavy atom. The minimum atomic E-state index is -0.944. The maximum Gasteiger partial charge on any atom is 0.256 e. The van der Waals surface area contributed by atoms with E-state index in [-0.39, 0.29) is 11.4 Å². The van der Waals surface area contributed by atoms with Gasteiger partial charge < -0.3 is 43.8 Å². The third kappa shape index (κ3) is 10.9. The van der Waals surface area contributed by atoms with E-state index in [9.17, 15) is 0 Å². The Labute approximate surface area is 688 Å². The molecule has 0 aromatic heterocycles. The Hall–Kier alpha value is -15.3. The zero-order valence-corrected chi connectivity index (χ0v) is 63.7.